The van der Waals surface area contributed by atoms with Gasteiger partial charge in [-0.3, -0.25) is 6.08 Å². The predicted octanol–water partition coefficient (Wildman–Crippen LogP) is 1.06. The minimum atomic E-state index is 0. The van der Waals surface area contributed by atoms with Gasteiger partial charge in [0.05, 0.1) is 0 Å². The van der Waals surface area contributed by atoms with Gasteiger partial charge in [-0.1, -0.05) is 35.4 Å². The van der Waals surface area contributed by atoms with Crippen LogP contribution < -0.4 is 24.8 Å². The van der Waals surface area contributed by atoms with Crippen molar-refractivity contribution < 1.29 is 49.0 Å². The van der Waals surface area contributed by atoms with Gasteiger partial charge in [0.15, 0.2) is 0 Å². The molecule has 0 radical (unpaired) electrons. The van der Waals surface area contributed by atoms with Crippen molar-refractivity contribution in [2.24, 2.45) is 0 Å². The fourth-order valence-electron chi connectivity index (χ4n) is 4.07. The molecule has 0 aromatic heterocycles. The largest absolute Gasteiger partial charge is 0.179 e. The van der Waals surface area contributed by atoms with Crippen LogP contribution in [0.4, 0.5) is 0 Å². The number of rotatable bonds is 3. The summed E-state index contributed by atoms with van der Waals surface area (Å²) in [4.78, 5) is 2.08. The van der Waals surface area contributed by atoms with Crippen LogP contribution in [0.2, 0.25) is 0 Å². The summed E-state index contributed by atoms with van der Waals surface area (Å²) in [5, 5.41) is 0. The Morgan fingerprint density at radius 3 is 1.84 bits per heavy atom. The Kier molecular flexibility index (Phi) is 13.0. The van der Waals surface area contributed by atoms with E-state index in [1.54, 1.807) is 0 Å². The number of hydrogen-bond acceptors (Lipinski definition) is 1. The Bertz CT molecular complexity index is 1240. The number of allylic oxidation sites excluding steroid dienone is 3. The summed E-state index contributed by atoms with van der Waals surface area (Å²) in [7, 11) is 4.07. The van der Waals surface area contributed by atoms with E-state index < -0.39 is 0 Å². The number of likely N-dealkylation sites (N-methyl/N-ethyl adjacent to an activating group) is 1. The predicted molar refractivity (Wildman–Crippen MR) is 144 cm³/mol. The van der Waals surface area contributed by atoms with Crippen molar-refractivity contribution in [3.05, 3.63) is 155 Å². The smallest absolute Gasteiger partial charge is 0.0253 e. The minimum Gasteiger partial charge on any atom is -0.179 e. The summed E-state index contributed by atoms with van der Waals surface area (Å²) in [5.41, 5.74) is 9.44. The topological polar surface area (TPSA) is 3.24 Å². The normalized spacial score (nSPS) is 11.6. The molecule has 4 heteroatoms. The van der Waals surface area contributed by atoms with Crippen molar-refractivity contribution in [2.45, 2.75) is 12.8 Å². The number of nitrogens with zero attached hydrogens (tertiary/aromatic N) is 1. The number of fused-ring (bicyclic) bond motifs is 3. The van der Waals surface area contributed by atoms with Gasteiger partial charge in [0.25, 0.3) is 0 Å². The Morgan fingerprint density at radius 1 is 0.730 bits per heavy atom. The van der Waals surface area contributed by atoms with Gasteiger partial charge < -0.3 is 29.7 Å². The van der Waals surface area contributed by atoms with Crippen LogP contribution in [0, 0.1) is 12.1 Å². The fraction of sp³-hybridized carbons (Fsp3) is 0.121. The summed E-state index contributed by atoms with van der Waals surface area (Å²) in [6, 6.07) is 39.2. The van der Waals surface area contributed by atoms with Crippen molar-refractivity contribution in [3.63, 3.8) is 0 Å². The van der Waals surface area contributed by atoms with E-state index in [9.17, 15) is 0 Å². The summed E-state index contributed by atoms with van der Waals surface area (Å²) in [5.74, 6) is 0. The van der Waals surface area contributed by atoms with Crippen molar-refractivity contribution in [1.29, 1.82) is 0 Å². The second-order valence-electron chi connectivity index (χ2n) is 8.58. The van der Waals surface area contributed by atoms with Gasteiger partial charge in [-0.05, 0) is 20.5 Å². The second-order valence-corrected chi connectivity index (χ2v) is 9.81. The first-order chi connectivity index (χ1) is 17.1. The first-order valence-corrected chi connectivity index (χ1v) is 13.1. The van der Waals surface area contributed by atoms with E-state index in [0.29, 0.717) is 0 Å². The standard InChI is InChI=1S/C13H9.C13H10.C7H10N.2ClH.Zr/c1-3-7-12-10(5-1)9-11-6-2-4-8-13(11)12;1-3-7-12(8-4-1)11-13-9-5-2-6-10-13;1-8(2)7-5-3-4-6-7;;;/h1-5,7-8H,9H2;1-10H;5-6H,3H2,1-2H3;2*1H;/q-1;;-1;;;+2/p-2. The van der Waals surface area contributed by atoms with E-state index in [1.807, 2.05) is 26.2 Å². The maximum absolute atomic E-state index is 3.30. The molecule has 4 aromatic carbocycles. The summed E-state index contributed by atoms with van der Waals surface area (Å²) < 4.78 is 1.42. The molecule has 186 valence electrons. The van der Waals surface area contributed by atoms with Crippen molar-refractivity contribution in [2.75, 3.05) is 14.1 Å². The van der Waals surface area contributed by atoms with Crippen LogP contribution in [-0.4, -0.2) is 22.2 Å². The van der Waals surface area contributed by atoms with Crippen molar-refractivity contribution in [3.8, 4) is 11.1 Å². The van der Waals surface area contributed by atoms with E-state index in [1.165, 1.54) is 66.5 Å². The molecule has 4 aromatic rings. The van der Waals surface area contributed by atoms with Gasteiger partial charge in [0, 0.05) is 0 Å². The van der Waals surface area contributed by atoms with E-state index in [0.717, 1.165) is 12.8 Å². The Labute approximate surface area is 249 Å². The number of hydrogen-bond donors (Lipinski definition) is 0. The van der Waals surface area contributed by atoms with Crippen LogP contribution >= 0.6 is 0 Å². The Morgan fingerprint density at radius 2 is 1.30 bits per heavy atom. The maximum atomic E-state index is 3.30. The van der Waals surface area contributed by atoms with Crippen LogP contribution in [0.15, 0.2) is 121 Å². The van der Waals surface area contributed by atoms with Gasteiger partial charge in [0.1, 0.15) is 0 Å². The van der Waals surface area contributed by atoms with Crippen LogP contribution in [0.5, 0.6) is 0 Å². The molecule has 0 spiro atoms. The third-order valence-corrected chi connectivity index (χ3v) is 7.36. The molecule has 37 heavy (non-hydrogen) atoms. The van der Waals surface area contributed by atoms with Gasteiger partial charge >= 0.3 is 99.2 Å². The number of benzene rings is 4. The number of halogens is 2. The maximum Gasteiger partial charge on any atom is -0.0253 e. The van der Waals surface area contributed by atoms with Gasteiger partial charge in [-0.15, -0.1) is 17.7 Å². The van der Waals surface area contributed by atoms with Crippen molar-refractivity contribution in [1.82, 2.24) is 4.90 Å². The van der Waals surface area contributed by atoms with E-state index in [-0.39, 0.29) is 24.8 Å². The fourth-order valence-corrected chi connectivity index (χ4v) is 4.89. The quantitative estimate of drug-likeness (QED) is 0.280. The van der Waals surface area contributed by atoms with Gasteiger partial charge in [-0.25, -0.2) is 6.08 Å². The van der Waals surface area contributed by atoms with Crippen molar-refractivity contribution >= 4 is 3.21 Å². The minimum absolute atomic E-state index is 0. The molecule has 0 bridgehead atoms. The molecule has 0 unspecified atom stereocenters. The molecule has 2 aliphatic rings. The Hall–Kier alpha value is -2.51. The van der Waals surface area contributed by atoms with Crippen LogP contribution in [0.25, 0.3) is 11.1 Å². The molecule has 0 atom stereocenters. The summed E-state index contributed by atoms with van der Waals surface area (Å²) in [6.45, 7) is 0. The second kappa shape index (κ2) is 15.7. The molecule has 0 amide bonds. The molecule has 0 aliphatic heterocycles. The monoisotopic (exact) mass is 599 g/mol. The van der Waals surface area contributed by atoms with E-state index in [2.05, 4.69) is 120 Å². The zero-order valence-electron chi connectivity index (χ0n) is 21.1. The van der Waals surface area contributed by atoms with E-state index in [4.69, 9.17) is 0 Å². The SMILES string of the molecule is CN(C)C1=CC[C-]=C1.[Cl-].[Cl-].[Zr+2]=[C](c1ccccc1)c1ccccc1.[c-]1cccc2c1Cc1ccccc1-2. The van der Waals surface area contributed by atoms with Crippen LogP contribution in [-0.2, 0) is 30.7 Å². The summed E-state index contributed by atoms with van der Waals surface area (Å²) in [6.07, 6.45) is 9.29. The zero-order valence-corrected chi connectivity index (χ0v) is 25.1. The molecule has 0 heterocycles. The third-order valence-electron chi connectivity index (χ3n) is 5.94. The molecule has 0 N–H and O–H groups in total. The van der Waals surface area contributed by atoms with Crippen LogP contribution in [0.3, 0.4) is 0 Å². The summed E-state index contributed by atoms with van der Waals surface area (Å²) >= 11 is 1.46. The third kappa shape index (κ3) is 8.51. The molecule has 1 nitrogen and oxygen atoms in total. The molecule has 6 rings (SSSR count). The first-order valence-electron chi connectivity index (χ1n) is 11.8. The molecule has 2 aliphatic carbocycles. The molecular formula is C33H29Cl2NZr-2. The average molecular weight is 602 g/mol. The Balaban J connectivity index is 0.000000197. The van der Waals surface area contributed by atoms with Gasteiger partial charge in [-0.2, -0.15) is 35.9 Å². The average Bonchev–Trinajstić information content (AvgIpc) is 3.59. The molecule has 0 saturated carbocycles. The van der Waals surface area contributed by atoms with Gasteiger partial charge in [0.2, 0.25) is 0 Å². The molecule has 0 fully saturated rings. The van der Waals surface area contributed by atoms with Crippen LogP contribution in [0.1, 0.15) is 28.7 Å². The first kappa shape index (κ1) is 30.7. The zero-order chi connectivity index (χ0) is 24.5. The molecule has 0 saturated heterocycles. The van der Waals surface area contributed by atoms with E-state index >= 15 is 0 Å². The molecular weight excluding hydrogens is 573 g/mol.